The topological polar surface area (TPSA) is 37.0 Å². The number of aromatic amines is 1. The first-order valence-electron chi connectivity index (χ1n) is 11.0. The Morgan fingerprint density at radius 3 is 2.36 bits per heavy atom. The minimum absolute atomic E-state index is 0.319. The van der Waals surface area contributed by atoms with E-state index in [4.69, 9.17) is 27.9 Å². The lowest BCUT2D eigenvalue weighted by Gasteiger charge is -2.16. The fourth-order valence-electron chi connectivity index (χ4n) is 4.23. The zero-order valence-corrected chi connectivity index (χ0v) is 19.6. The normalized spacial score (nSPS) is 11.3. The molecule has 1 aromatic heterocycles. The number of para-hydroxylation sites is 1. The smallest absolute Gasteiger partial charge is 0.124 e. The number of hydrogen-bond donors (Lipinski definition) is 2. The van der Waals surface area contributed by atoms with E-state index < -0.39 is 0 Å². The Morgan fingerprint density at radius 2 is 1.52 bits per heavy atom. The van der Waals surface area contributed by atoms with Gasteiger partial charge in [-0.25, -0.2) is 0 Å². The van der Waals surface area contributed by atoms with Gasteiger partial charge in [-0.15, -0.1) is 0 Å². The van der Waals surface area contributed by atoms with E-state index >= 15 is 0 Å². The Labute approximate surface area is 203 Å². The van der Waals surface area contributed by atoms with Crippen molar-refractivity contribution in [1.29, 1.82) is 0 Å². The van der Waals surface area contributed by atoms with Gasteiger partial charge in [0.15, 0.2) is 0 Å². The van der Waals surface area contributed by atoms with Crippen molar-refractivity contribution < 1.29 is 4.74 Å². The van der Waals surface area contributed by atoms with E-state index in [1.807, 2.05) is 24.3 Å². The Morgan fingerprint density at radius 1 is 0.758 bits per heavy atom. The van der Waals surface area contributed by atoms with Crippen molar-refractivity contribution in [2.45, 2.75) is 19.6 Å². The zero-order valence-electron chi connectivity index (χ0n) is 18.1. The summed E-state index contributed by atoms with van der Waals surface area (Å²) in [5.74, 6) is 0.837. The molecule has 0 unspecified atom stereocenters. The van der Waals surface area contributed by atoms with Crippen LogP contribution in [0, 0.1) is 0 Å². The molecule has 3 nitrogen and oxygen atoms in total. The van der Waals surface area contributed by atoms with Gasteiger partial charge in [-0.1, -0.05) is 77.8 Å². The van der Waals surface area contributed by atoms with Crippen LogP contribution in [0.4, 0.5) is 0 Å². The average molecular weight is 475 g/mol. The second-order valence-corrected chi connectivity index (χ2v) is 8.85. The summed E-state index contributed by atoms with van der Waals surface area (Å²) in [5.41, 5.74) is 4.43. The van der Waals surface area contributed by atoms with E-state index in [1.54, 1.807) is 0 Å². The SMILES string of the molecule is Clc1cccc(Cl)c1COc1ccc2ccccc2c1CNCCc1c[nH]c2ccccc12. The van der Waals surface area contributed by atoms with Gasteiger partial charge in [0, 0.05) is 44.8 Å². The largest absolute Gasteiger partial charge is 0.488 e. The van der Waals surface area contributed by atoms with Gasteiger partial charge < -0.3 is 15.0 Å². The first kappa shape index (κ1) is 21.8. The van der Waals surface area contributed by atoms with Crippen molar-refractivity contribution in [3.63, 3.8) is 0 Å². The van der Waals surface area contributed by atoms with Crippen molar-refractivity contribution in [2.24, 2.45) is 0 Å². The number of benzene rings is 4. The van der Waals surface area contributed by atoms with Crippen LogP contribution in [0.2, 0.25) is 10.0 Å². The predicted molar refractivity (Wildman–Crippen MR) is 138 cm³/mol. The van der Waals surface area contributed by atoms with Crippen LogP contribution in [0.15, 0.2) is 85.1 Å². The van der Waals surface area contributed by atoms with Crippen LogP contribution in [0.5, 0.6) is 5.75 Å². The van der Waals surface area contributed by atoms with Crippen molar-refractivity contribution in [3.05, 3.63) is 112 Å². The summed E-state index contributed by atoms with van der Waals surface area (Å²) in [6.45, 7) is 1.88. The summed E-state index contributed by atoms with van der Waals surface area (Å²) in [6.07, 6.45) is 3.05. The first-order valence-corrected chi connectivity index (χ1v) is 11.8. The van der Waals surface area contributed by atoms with Crippen LogP contribution in [0.1, 0.15) is 16.7 Å². The van der Waals surface area contributed by atoms with E-state index in [-0.39, 0.29) is 0 Å². The molecule has 0 spiro atoms. The van der Waals surface area contributed by atoms with Gasteiger partial charge in [0.1, 0.15) is 12.4 Å². The number of rotatable bonds is 8. The molecule has 0 atom stereocenters. The first-order chi connectivity index (χ1) is 16.2. The molecule has 0 aliphatic rings. The van der Waals surface area contributed by atoms with Gasteiger partial charge >= 0.3 is 0 Å². The van der Waals surface area contributed by atoms with Crippen molar-refractivity contribution >= 4 is 44.9 Å². The molecule has 33 heavy (non-hydrogen) atoms. The molecule has 5 heteroatoms. The van der Waals surface area contributed by atoms with Crippen LogP contribution < -0.4 is 10.1 Å². The van der Waals surface area contributed by atoms with E-state index in [9.17, 15) is 0 Å². The summed E-state index contributed by atoms with van der Waals surface area (Å²) in [7, 11) is 0. The van der Waals surface area contributed by atoms with E-state index in [0.717, 1.165) is 29.8 Å². The number of aromatic nitrogens is 1. The van der Waals surface area contributed by atoms with Gasteiger partial charge in [-0.3, -0.25) is 0 Å². The van der Waals surface area contributed by atoms with Crippen LogP contribution >= 0.6 is 23.2 Å². The maximum Gasteiger partial charge on any atom is 0.124 e. The van der Waals surface area contributed by atoms with E-state index in [1.165, 1.54) is 27.2 Å². The van der Waals surface area contributed by atoms with Crippen LogP contribution in [-0.2, 0) is 19.6 Å². The van der Waals surface area contributed by atoms with Gasteiger partial charge in [-0.05, 0) is 53.6 Å². The molecule has 4 aromatic carbocycles. The molecule has 0 saturated heterocycles. The Hall–Kier alpha value is -2.98. The third-order valence-electron chi connectivity index (χ3n) is 5.98. The monoisotopic (exact) mass is 474 g/mol. The fourth-order valence-corrected chi connectivity index (χ4v) is 4.74. The van der Waals surface area contributed by atoms with Gasteiger partial charge in [0.2, 0.25) is 0 Å². The lowest BCUT2D eigenvalue weighted by Crippen LogP contribution is -2.17. The molecule has 0 bridgehead atoms. The maximum atomic E-state index is 6.34. The van der Waals surface area contributed by atoms with E-state index in [2.05, 4.69) is 71.1 Å². The minimum atomic E-state index is 0.319. The second-order valence-electron chi connectivity index (χ2n) is 8.04. The highest BCUT2D eigenvalue weighted by atomic mass is 35.5. The molecule has 0 aliphatic carbocycles. The predicted octanol–water partition coefficient (Wildman–Crippen LogP) is 7.54. The zero-order chi connectivity index (χ0) is 22.6. The summed E-state index contributed by atoms with van der Waals surface area (Å²) in [4.78, 5) is 3.35. The number of H-pyrrole nitrogens is 1. The molecule has 0 aliphatic heterocycles. The van der Waals surface area contributed by atoms with Crippen LogP contribution in [0.3, 0.4) is 0 Å². The third-order valence-corrected chi connectivity index (χ3v) is 6.69. The van der Waals surface area contributed by atoms with Gasteiger partial charge in [0.05, 0.1) is 0 Å². The molecule has 0 fully saturated rings. The van der Waals surface area contributed by atoms with Crippen molar-refractivity contribution in [2.75, 3.05) is 6.54 Å². The minimum Gasteiger partial charge on any atom is -0.488 e. The summed E-state index contributed by atoms with van der Waals surface area (Å²) in [6, 6.07) is 26.4. The van der Waals surface area contributed by atoms with Crippen LogP contribution in [-0.4, -0.2) is 11.5 Å². The highest BCUT2D eigenvalue weighted by Crippen LogP contribution is 2.31. The molecular formula is C28H24Cl2N2O. The number of nitrogens with one attached hydrogen (secondary N) is 2. The second kappa shape index (κ2) is 9.88. The average Bonchev–Trinajstić information content (AvgIpc) is 3.25. The highest BCUT2D eigenvalue weighted by Gasteiger charge is 2.12. The molecule has 1 heterocycles. The van der Waals surface area contributed by atoms with Crippen LogP contribution in [0.25, 0.3) is 21.7 Å². The van der Waals surface area contributed by atoms with Crippen molar-refractivity contribution in [3.8, 4) is 5.75 Å². The standard InChI is InChI=1S/C28H24Cl2N2O/c29-25-9-5-10-26(30)24(25)18-33-28-13-12-19-6-1-2-7-21(19)23(28)17-31-15-14-20-16-32-27-11-4-3-8-22(20)27/h1-13,16,31-32H,14-15,17-18H2. The number of ether oxygens (including phenoxy) is 1. The third kappa shape index (κ3) is 4.72. The summed E-state index contributed by atoms with van der Waals surface area (Å²) in [5, 5.41) is 8.49. The number of hydrogen-bond acceptors (Lipinski definition) is 2. The lowest BCUT2D eigenvalue weighted by atomic mass is 10.0. The number of halogens is 2. The lowest BCUT2D eigenvalue weighted by molar-refractivity contribution is 0.303. The van der Waals surface area contributed by atoms with Gasteiger partial charge in [0.25, 0.3) is 0 Å². The van der Waals surface area contributed by atoms with Crippen molar-refractivity contribution in [1.82, 2.24) is 10.3 Å². The molecular weight excluding hydrogens is 451 g/mol. The molecule has 0 amide bonds. The maximum absolute atomic E-state index is 6.34. The molecule has 0 radical (unpaired) electrons. The number of fused-ring (bicyclic) bond motifs is 2. The molecule has 0 saturated carbocycles. The molecule has 166 valence electrons. The molecule has 5 rings (SSSR count). The van der Waals surface area contributed by atoms with E-state index in [0.29, 0.717) is 23.2 Å². The highest BCUT2D eigenvalue weighted by molar-refractivity contribution is 6.35. The Kier molecular flexibility index (Phi) is 6.54. The van der Waals surface area contributed by atoms with Gasteiger partial charge in [-0.2, -0.15) is 0 Å². The summed E-state index contributed by atoms with van der Waals surface area (Å²) < 4.78 is 6.24. The summed E-state index contributed by atoms with van der Waals surface area (Å²) >= 11 is 12.7. The quantitative estimate of drug-likeness (QED) is 0.228. The molecule has 2 N–H and O–H groups in total. The Balaban J connectivity index is 1.33. The fraction of sp³-hybridized carbons (Fsp3) is 0.143. The molecule has 5 aromatic rings. The Bertz CT molecular complexity index is 1390.